The second-order valence-electron chi connectivity index (χ2n) is 4.41. The topological polar surface area (TPSA) is 86.3 Å². The molecular formula is C15H14N2O3. The molecule has 0 bridgehead atoms. The third-order valence-corrected chi connectivity index (χ3v) is 2.99. The summed E-state index contributed by atoms with van der Waals surface area (Å²) in [6.45, 7) is 2.43. The Hall–Kier alpha value is -2.58. The zero-order chi connectivity index (χ0) is 14.5. The van der Waals surface area contributed by atoms with Crippen molar-refractivity contribution >= 4 is 5.97 Å². The number of hydrogen-bond acceptors (Lipinski definition) is 4. The van der Waals surface area contributed by atoms with E-state index in [4.69, 9.17) is 14.8 Å². The average Bonchev–Trinajstić information content (AvgIpc) is 2.94. The van der Waals surface area contributed by atoms with E-state index in [0.29, 0.717) is 17.9 Å². The number of carbonyl (C=O) groups is 1. The zero-order valence-corrected chi connectivity index (χ0v) is 11.0. The third kappa shape index (κ3) is 3.25. The SMILES string of the molecule is CC(NCc1ccc(C(=O)O)o1)c1ccc(C#N)cc1. The van der Waals surface area contributed by atoms with Crippen molar-refractivity contribution in [2.75, 3.05) is 0 Å². The number of aromatic carboxylic acids is 1. The van der Waals surface area contributed by atoms with Crippen LogP contribution in [0.3, 0.4) is 0 Å². The fraction of sp³-hybridized carbons (Fsp3) is 0.200. The van der Waals surface area contributed by atoms with Crippen LogP contribution >= 0.6 is 0 Å². The van der Waals surface area contributed by atoms with E-state index in [1.165, 1.54) is 6.07 Å². The number of nitrogens with one attached hydrogen (secondary N) is 1. The van der Waals surface area contributed by atoms with Crippen molar-refractivity contribution in [3.8, 4) is 6.07 Å². The molecule has 0 aliphatic heterocycles. The molecule has 1 atom stereocenters. The first-order valence-corrected chi connectivity index (χ1v) is 6.15. The van der Waals surface area contributed by atoms with E-state index in [0.717, 1.165) is 5.56 Å². The summed E-state index contributed by atoms with van der Waals surface area (Å²) in [6.07, 6.45) is 0. The van der Waals surface area contributed by atoms with Crippen LogP contribution < -0.4 is 5.32 Å². The Morgan fingerprint density at radius 1 is 1.35 bits per heavy atom. The highest BCUT2D eigenvalue weighted by molar-refractivity contribution is 5.84. The van der Waals surface area contributed by atoms with Gasteiger partial charge in [0, 0.05) is 6.04 Å². The van der Waals surface area contributed by atoms with Gasteiger partial charge in [0.05, 0.1) is 18.2 Å². The van der Waals surface area contributed by atoms with E-state index in [1.54, 1.807) is 18.2 Å². The first-order valence-electron chi connectivity index (χ1n) is 6.15. The number of carboxylic acid groups (broad SMARTS) is 1. The molecule has 102 valence electrons. The summed E-state index contributed by atoms with van der Waals surface area (Å²) in [6, 6.07) is 12.5. The lowest BCUT2D eigenvalue weighted by Crippen LogP contribution is -2.17. The maximum atomic E-state index is 10.7. The van der Waals surface area contributed by atoms with Crippen LogP contribution in [0, 0.1) is 11.3 Å². The van der Waals surface area contributed by atoms with Crippen molar-refractivity contribution in [1.29, 1.82) is 5.26 Å². The predicted octanol–water partition coefficient (Wildman–Crippen LogP) is 2.70. The number of hydrogen-bond donors (Lipinski definition) is 2. The minimum absolute atomic E-state index is 0.0622. The van der Waals surface area contributed by atoms with E-state index in [1.807, 2.05) is 19.1 Å². The van der Waals surface area contributed by atoms with E-state index < -0.39 is 5.97 Å². The molecule has 2 aromatic rings. The lowest BCUT2D eigenvalue weighted by atomic mass is 10.1. The average molecular weight is 270 g/mol. The minimum atomic E-state index is -1.07. The van der Waals surface area contributed by atoms with Gasteiger partial charge < -0.3 is 14.8 Å². The molecule has 2 rings (SSSR count). The summed E-state index contributed by atoms with van der Waals surface area (Å²) < 4.78 is 5.16. The molecule has 0 fully saturated rings. The molecule has 20 heavy (non-hydrogen) atoms. The van der Waals surface area contributed by atoms with Gasteiger partial charge in [0.1, 0.15) is 5.76 Å². The molecule has 0 saturated heterocycles. The summed E-state index contributed by atoms with van der Waals surface area (Å²) in [5.74, 6) is -0.563. The van der Waals surface area contributed by atoms with Gasteiger partial charge in [-0.15, -0.1) is 0 Å². The van der Waals surface area contributed by atoms with Gasteiger partial charge in [-0.25, -0.2) is 4.79 Å². The smallest absolute Gasteiger partial charge is 0.371 e. The Bertz CT molecular complexity index is 638. The highest BCUT2D eigenvalue weighted by atomic mass is 16.4. The molecule has 1 unspecified atom stereocenters. The van der Waals surface area contributed by atoms with Gasteiger partial charge in [0.15, 0.2) is 0 Å². The number of nitriles is 1. The van der Waals surface area contributed by atoms with Crippen LogP contribution in [0.25, 0.3) is 0 Å². The molecular weight excluding hydrogens is 256 g/mol. The number of benzene rings is 1. The van der Waals surface area contributed by atoms with E-state index in [-0.39, 0.29) is 11.8 Å². The normalized spacial score (nSPS) is 11.8. The number of nitrogens with zero attached hydrogens (tertiary/aromatic N) is 1. The molecule has 5 heteroatoms. The second-order valence-corrected chi connectivity index (χ2v) is 4.41. The van der Waals surface area contributed by atoms with Crippen LogP contribution in [-0.4, -0.2) is 11.1 Å². The lowest BCUT2D eigenvalue weighted by molar-refractivity contribution is 0.0660. The van der Waals surface area contributed by atoms with Crippen LogP contribution in [-0.2, 0) is 6.54 Å². The van der Waals surface area contributed by atoms with Crippen molar-refractivity contribution < 1.29 is 14.3 Å². The van der Waals surface area contributed by atoms with Crippen LogP contribution in [0.15, 0.2) is 40.8 Å². The summed E-state index contributed by atoms with van der Waals surface area (Å²) in [5, 5.41) is 20.7. The van der Waals surface area contributed by atoms with Crippen molar-refractivity contribution in [3.63, 3.8) is 0 Å². The second kappa shape index (κ2) is 6.04. The van der Waals surface area contributed by atoms with Gasteiger partial charge in [-0.2, -0.15) is 5.26 Å². The van der Waals surface area contributed by atoms with Crippen LogP contribution in [0.2, 0.25) is 0 Å². The predicted molar refractivity (Wildman–Crippen MR) is 72.1 cm³/mol. The molecule has 0 aliphatic rings. The summed E-state index contributed by atoms with van der Waals surface area (Å²) in [7, 11) is 0. The summed E-state index contributed by atoms with van der Waals surface area (Å²) in [5.41, 5.74) is 1.67. The van der Waals surface area contributed by atoms with E-state index in [2.05, 4.69) is 11.4 Å². The fourth-order valence-electron chi connectivity index (χ4n) is 1.81. The lowest BCUT2D eigenvalue weighted by Gasteiger charge is -2.13. The maximum Gasteiger partial charge on any atom is 0.371 e. The number of carboxylic acids is 1. The summed E-state index contributed by atoms with van der Waals surface area (Å²) in [4.78, 5) is 10.7. The standard InChI is InChI=1S/C15H14N2O3/c1-10(12-4-2-11(8-16)3-5-12)17-9-13-6-7-14(20-13)15(18)19/h2-7,10,17H,9H2,1H3,(H,18,19). The van der Waals surface area contributed by atoms with Crippen molar-refractivity contribution in [2.24, 2.45) is 0 Å². The van der Waals surface area contributed by atoms with Crippen LogP contribution in [0.1, 0.15) is 40.4 Å². The number of rotatable bonds is 5. The van der Waals surface area contributed by atoms with E-state index >= 15 is 0 Å². The molecule has 0 amide bonds. The summed E-state index contributed by atoms with van der Waals surface area (Å²) >= 11 is 0. The molecule has 2 N–H and O–H groups in total. The van der Waals surface area contributed by atoms with Crippen LogP contribution in [0.5, 0.6) is 0 Å². The number of furan rings is 1. The van der Waals surface area contributed by atoms with E-state index in [9.17, 15) is 4.79 Å². The molecule has 1 aromatic heterocycles. The molecule has 5 nitrogen and oxygen atoms in total. The third-order valence-electron chi connectivity index (χ3n) is 2.99. The van der Waals surface area contributed by atoms with Crippen molar-refractivity contribution in [3.05, 3.63) is 59.0 Å². The van der Waals surface area contributed by atoms with Crippen molar-refractivity contribution in [2.45, 2.75) is 19.5 Å². The molecule has 1 heterocycles. The maximum absolute atomic E-state index is 10.7. The Labute approximate surface area is 116 Å². The molecule has 0 aliphatic carbocycles. The van der Waals surface area contributed by atoms with Gasteiger partial charge >= 0.3 is 5.97 Å². The Morgan fingerprint density at radius 2 is 2.05 bits per heavy atom. The van der Waals surface area contributed by atoms with Crippen molar-refractivity contribution in [1.82, 2.24) is 5.32 Å². The van der Waals surface area contributed by atoms with Gasteiger partial charge in [-0.1, -0.05) is 12.1 Å². The largest absolute Gasteiger partial charge is 0.475 e. The molecule has 0 saturated carbocycles. The molecule has 1 aromatic carbocycles. The molecule has 0 radical (unpaired) electrons. The minimum Gasteiger partial charge on any atom is -0.475 e. The monoisotopic (exact) mass is 270 g/mol. The first kappa shape index (κ1) is 13.8. The molecule has 0 spiro atoms. The quantitative estimate of drug-likeness (QED) is 0.872. The van der Waals surface area contributed by atoms with Gasteiger partial charge in [0.2, 0.25) is 5.76 Å². The Kier molecular flexibility index (Phi) is 4.18. The zero-order valence-electron chi connectivity index (χ0n) is 11.0. The highest BCUT2D eigenvalue weighted by Crippen LogP contribution is 2.15. The fourth-order valence-corrected chi connectivity index (χ4v) is 1.81. The highest BCUT2D eigenvalue weighted by Gasteiger charge is 2.10. The van der Waals surface area contributed by atoms with Gasteiger partial charge in [-0.05, 0) is 36.8 Å². The van der Waals surface area contributed by atoms with Gasteiger partial charge in [-0.3, -0.25) is 0 Å². The van der Waals surface area contributed by atoms with Crippen LogP contribution in [0.4, 0.5) is 0 Å². The Morgan fingerprint density at radius 3 is 2.60 bits per heavy atom. The first-order chi connectivity index (χ1) is 9.60. The van der Waals surface area contributed by atoms with Gasteiger partial charge in [0.25, 0.3) is 0 Å². The Balaban J connectivity index is 1.95.